The Bertz CT molecular complexity index is 609. The molecule has 0 saturated carbocycles. The second kappa shape index (κ2) is 6.84. The van der Waals surface area contributed by atoms with E-state index in [1.807, 2.05) is 6.92 Å². The number of unbranched alkanes of at least 4 members (excludes halogenated alkanes) is 1. The molecule has 0 radical (unpaired) electrons. The highest BCUT2D eigenvalue weighted by Crippen LogP contribution is 2.34. The van der Waals surface area contributed by atoms with Crippen molar-refractivity contribution in [2.24, 2.45) is 0 Å². The van der Waals surface area contributed by atoms with Crippen molar-refractivity contribution in [1.82, 2.24) is 9.47 Å². The van der Waals surface area contributed by atoms with Crippen molar-refractivity contribution in [3.05, 3.63) is 36.0 Å². The summed E-state index contributed by atoms with van der Waals surface area (Å²) in [5.74, 6) is 0.628. The van der Waals surface area contributed by atoms with Gasteiger partial charge in [-0.25, -0.2) is 0 Å². The van der Waals surface area contributed by atoms with Crippen LogP contribution in [0.15, 0.2) is 30.5 Å². The van der Waals surface area contributed by atoms with Crippen molar-refractivity contribution < 1.29 is 5.11 Å². The Morgan fingerprint density at radius 3 is 2.64 bits per heavy atom. The van der Waals surface area contributed by atoms with E-state index in [1.54, 1.807) is 0 Å². The number of para-hydroxylation sites is 1. The van der Waals surface area contributed by atoms with Crippen molar-refractivity contribution >= 4 is 10.9 Å². The van der Waals surface area contributed by atoms with Crippen LogP contribution in [0.4, 0.5) is 0 Å². The number of nitrogens with zero attached hydrogens (tertiary/aromatic N) is 2. The molecule has 0 bridgehead atoms. The van der Waals surface area contributed by atoms with Crippen molar-refractivity contribution in [3.8, 4) is 0 Å². The summed E-state index contributed by atoms with van der Waals surface area (Å²) in [6.07, 6.45) is 6.84. The van der Waals surface area contributed by atoms with Crippen LogP contribution in [-0.4, -0.2) is 33.9 Å². The van der Waals surface area contributed by atoms with Gasteiger partial charge in [0.25, 0.3) is 0 Å². The zero-order valence-electron chi connectivity index (χ0n) is 13.8. The summed E-state index contributed by atoms with van der Waals surface area (Å²) in [7, 11) is 0. The summed E-state index contributed by atoms with van der Waals surface area (Å²) in [5, 5.41) is 11.2. The van der Waals surface area contributed by atoms with E-state index in [4.69, 9.17) is 0 Å². The maximum absolute atomic E-state index is 9.73. The maximum atomic E-state index is 9.73. The van der Waals surface area contributed by atoms with Crippen molar-refractivity contribution in [3.63, 3.8) is 0 Å². The van der Waals surface area contributed by atoms with Gasteiger partial charge < -0.3 is 9.67 Å². The Labute approximate surface area is 133 Å². The molecule has 2 aromatic rings. The molecule has 0 amide bonds. The number of hydrogen-bond acceptors (Lipinski definition) is 2. The second-order valence-corrected chi connectivity index (χ2v) is 6.59. The van der Waals surface area contributed by atoms with Crippen LogP contribution in [0, 0.1) is 0 Å². The molecular weight excluding hydrogens is 272 g/mol. The van der Waals surface area contributed by atoms with E-state index in [1.165, 1.54) is 29.3 Å². The fraction of sp³-hybridized carbons (Fsp3) is 0.579. The molecule has 1 aromatic heterocycles. The molecule has 2 heterocycles. The average molecular weight is 300 g/mol. The third-order valence-corrected chi connectivity index (χ3v) is 5.07. The predicted octanol–water partition coefficient (Wildman–Crippen LogP) is 3.96. The Morgan fingerprint density at radius 2 is 1.95 bits per heavy atom. The lowest BCUT2D eigenvalue weighted by Crippen LogP contribution is -2.39. The minimum atomic E-state index is -0.313. The standard InChI is InChI=1S/C19H28N2O/c1-3-4-11-21-14-18(17-7-5-6-8-19(17)21)16-9-12-20(13-10-16)15(2)22/h5-8,14-16,22H,3-4,9-13H2,1-2H3. The van der Waals surface area contributed by atoms with E-state index >= 15 is 0 Å². The first-order chi connectivity index (χ1) is 10.7. The lowest BCUT2D eigenvalue weighted by Gasteiger charge is -2.33. The first kappa shape index (κ1) is 15.6. The van der Waals surface area contributed by atoms with Gasteiger partial charge in [0.1, 0.15) is 6.23 Å². The Morgan fingerprint density at radius 1 is 1.23 bits per heavy atom. The highest BCUT2D eigenvalue weighted by Gasteiger charge is 2.25. The zero-order chi connectivity index (χ0) is 15.5. The van der Waals surface area contributed by atoms with Crippen LogP contribution >= 0.6 is 0 Å². The van der Waals surface area contributed by atoms with E-state index in [2.05, 4.69) is 46.9 Å². The number of aliphatic hydroxyl groups is 1. The van der Waals surface area contributed by atoms with Crippen molar-refractivity contribution in [2.45, 2.75) is 58.2 Å². The van der Waals surface area contributed by atoms with Gasteiger partial charge in [-0.3, -0.25) is 4.90 Å². The lowest BCUT2D eigenvalue weighted by atomic mass is 9.89. The molecule has 0 spiro atoms. The Hall–Kier alpha value is -1.32. The first-order valence-corrected chi connectivity index (χ1v) is 8.70. The van der Waals surface area contributed by atoms with Gasteiger partial charge in [0.2, 0.25) is 0 Å². The first-order valence-electron chi connectivity index (χ1n) is 8.70. The lowest BCUT2D eigenvalue weighted by molar-refractivity contribution is 0.00312. The zero-order valence-corrected chi connectivity index (χ0v) is 13.8. The van der Waals surface area contributed by atoms with Gasteiger partial charge in [-0.15, -0.1) is 0 Å². The molecule has 3 heteroatoms. The van der Waals surface area contributed by atoms with Gasteiger partial charge in [0.15, 0.2) is 0 Å². The minimum Gasteiger partial charge on any atom is -0.379 e. The molecule has 0 aliphatic carbocycles. The summed E-state index contributed by atoms with van der Waals surface area (Å²) in [6, 6.07) is 8.82. The molecule has 1 atom stereocenters. The number of aryl methyl sites for hydroxylation is 1. The van der Waals surface area contributed by atoms with Crippen LogP contribution in [0.3, 0.4) is 0 Å². The molecule has 1 aliphatic rings. The summed E-state index contributed by atoms with van der Waals surface area (Å²) in [6.45, 7) is 7.23. The van der Waals surface area contributed by atoms with Crippen LogP contribution in [0.25, 0.3) is 10.9 Å². The fourth-order valence-electron chi connectivity index (χ4n) is 3.70. The number of benzene rings is 1. The van der Waals surface area contributed by atoms with Crippen LogP contribution in [0.1, 0.15) is 51.0 Å². The quantitative estimate of drug-likeness (QED) is 0.905. The van der Waals surface area contributed by atoms with Crippen LogP contribution in [0.2, 0.25) is 0 Å². The van der Waals surface area contributed by atoms with Crippen molar-refractivity contribution in [1.29, 1.82) is 0 Å². The average Bonchev–Trinajstić information content (AvgIpc) is 2.92. The number of rotatable bonds is 5. The van der Waals surface area contributed by atoms with Crippen LogP contribution < -0.4 is 0 Å². The van der Waals surface area contributed by atoms with Gasteiger partial charge >= 0.3 is 0 Å². The summed E-state index contributed by atoms with van der Waals surface area (Å²) in [5.41, 5.74) is 2.89. The van der Waals surface area contributed by atoms with E-state index in [0.717, 1.165) is 32.5 Å². The highest BCUT2D eigenvalue weighted by atomic mass is 16.3. The minimum absolute atomic E-state index is 0.313. The second-order valence-electron chi connectivity index (χ2n) is 6.59. The molecule has 3 nitrogen and oxygen atoms in total. The number of fused-ring (bicyclic) bond motifs is 1. The van der Waals surface area contributed by atoms with Gasteiger partial charge in [0, 0.05) is 36.7 Å². The molecule has 1 fully saturated rings. The highest BCUT2D eigenvalue weighted by molar-refractivity contribution is 5.84. The number of piperidine rings is 1. The number of likely N-dealkylation sites (tertiary alicyclic amines) is 1. The molecule has 1 saturated heterocycles. The van der Waals surface area contributed by atoms with Gasteiger partial charge in [-0.05, 0) is 43.7 Å². The van der Waals surface area contributed by atoms with Gasteiger partial charge in [-0.1, -0.05) is 31.5 Å². The molecule has 1 aliphatic heterocycles. The SMILES string of the molecule is CCCCn1cc(C2CCN(C(C)O)CC2)c2ccccc21. The molecular formula is C19H28N2O. The molecule has 120 valence electrons. The normalized spacial score (nSPS) is 18.9. The van der Waals surface area contributed by atoms with Crippen LogP contribution in [-0.2, 0) is 6.54 Å². The molecule has 1 aromatic carbocycles. The van der Waals surface area contributed by atoms with Crippen LogP contribution in [0.5, 0.6) is 0 Å². The van der Waals surface area contributed by atoms with E-state index in [0.29, 0.717) is 5.92 Å². The fourth-order valence-corrected chi connectivity index (χ4v) is 3.70. The van der Waals surface area contributed by atoms with E-state index < -0.39 is 0 Å². The molecule has 22 heavy (non-hydrogen) atoms. The maximum Gasteiger partial charge on any atom is 0.104 e. The Balaban J connectivity index is 1.85. The summed E-state index contributed by atoms with van der Waals surface area (Å²) < 4.78 is 2.44. The third-order valence-electron chi connectivity index (χ3n) is 5.07. The predicted molar refractivity (Wildman–Crippen MR) is 92.1 cm³/mol. The number of aromatic nitrogens is 1. The van der Waals surface area contributed by atoms with Gasteiger partial charge in [-0.2, -0.15) is 0 Å². The third kappa shape index (κ3) is 3.06. The van der Waals surface area contributed by atoms with E-state index in [-0.39, 0.29) is 6.23 Å². The number of aliphatic hydroxyl groups excluding tert-OH is 1. The summed E-state index contributed by atoms with van der Waals surface area (Å²) in [4.78, 5) is 2.17. The largest absolute Gasteiger partial charge is 0.379 e. The monoisotopic (exact) mass is 300 g/mol. The smallest absolute Gasteiger partial charge is 0.104 e. The topological polar surface area (TPSA) is 28.4 Å². The summed E-state index contributed by atoms with van der Waals surface area (Å²) >= 11 is 0. The van der Waals surface area contributed by atoms with Gasteiger partial charge in [0.05, 0.1) is 0 Å². The molecule has 1 N–H and O–H groups in total. The molecule has 3 rings (SSSR count). The van der Waals surface area contributed by atoms with Crippen molar-refractivity contribution in [2.75, 3.05) is 13.1 Å². The number of hydrogen-bond donors (Lipinski definition) is 1. The Kier molecular flexibility index (Phi) is 4.84. The molecule has 1 unspecified atom stereocenters. The van der Waals surface area contributed by atoms with E-state index in [9.17, 15) is 5.11 Å².